The molecule has 0 N–H and O–H groups in total. The molecule has 3 aromatic rings. The van der Waals surface area contributed by atoms with Crippen molar-refractivity contribution >= 4 is 40.4 Å². The summed E-state index contributed by atoms with van der Waals surface area (Å²) in [5.41, 5.74) is 0.284. The average Bonchev–Trinajstić information content (AvgIpc) is 3.53. The molecule has 0 saturated carbocycles. The number of hydrogen-bond acceptors (Lipinski definition) is 6. The molecule has 0 bridgehead atoms. The van der Waals surface area contributed by atoms with E-state index in [1.54, 1.807) is 24.7 Å². The molecule has 1 aliphatic rings. The van der Waals surface area contributed by atoms with Gasteiger partial charge in [0.05, 0.1) is 24.0 Å². The number of Topliss-reactive ketones (excluding diaryl/α,β-unsaturated/α-hetero) is 2. The maximum atomic E-state index is 13.4. The van der Waals surface area contributed by atoms with Crippen LogP contribution in [-0.2, 0) is 16.1 Å². The highest BCUT2D eigenvalue weighted by Gasteiger charge is 2.51. The minimum absolute atomic E-state index is 0.284. The number of imidazole rings is 1. The third kappa shape index (κ3) is 4.33. The van der Waals surface area contributed by atoms with E-state index in [9.17, 15) is 14.4 Å². The van der Waals surface area contributed by atoms with Crippen molar-refractivity contribution in [2.75, 3.05) is 13.2 Å². The number of benzene rings is 1. The van der Waals surface area contributed by atoms with Crippen LogP contribution in [0.1, 0.15) is 34.6 Å². The topological polar surface area (TPSA) is 81.5 Å². The second-order valence-corrected chi connectivity index (χ2v) is 8.78. The second-order valence-electron chi connectivity index (χ2n) is 7.40. The molecule has 32 heavy (non-hydrogen) atoms. The summed E-state index contributed by atoms with van der Waals surface area (Å²) < 4.78 is 7.34. The number of halogens is 1. The predicted molar refractivity (Wildman–Crippen MR) is 121 cm³/mol. The van der Waals surface area contributed by atoms with Gasteiger partial charge in [-0.1, -0.05) is 17.7 Å². The third-order valence-corrected chi connectivity index (χ3v) is 6.65. The number of amides is 1. The Hall–Kier alpha value is -2.97. The highest BCUT2D eigenvalue weighted by Crippen LogP contribution is 2.40. The summed E-state index contributed by atoms with van der Waals surface area (Å²) in [6.07, 6.45) is 5.87. The molecule has 0 radical (unpaired) electrons. The zero-order valence-electron chi connectivity index (χ0n) is 17.4. The number of likely N-dealkylation sites (tertiary alicyclic amines) is 1. The molecule has 1 fully saturated rings. The molecule has 1 aromatic carbocycles. The zero-order chi connectivity index (χ0) is 22.7. The normalized spacial score (nSPS) is 18.4. The number of thiophene rings is 1. The van der Waals surface area contributed by atoms with Crippen LogP contribution in [0.5, 0.6) is 5.75 Å². The number of hydrogen-bond donors (Lipinski definition) is 0. The largest absolute Gasteiger partial charge is 0.492 e. The fourth-order valence-electron chi connectivity index (χ4n) is 3.95. The van der Waals surface area contributed by atoms with Crippen molar-refractivity contribution in [2.45, 2.75) is 25.9 Å². The lowest BCUT2D eigenvalue weighted by atomic mass is 9.89. The van der Waals surface area contributed by atoms with E-state index in [2.05, 4.69) is 4.98 Å². The lowest BCUT2D eigenvalue weighted by Crippen LogP contribution is -2.31. The van der Waals surface area contributed by atoms with E-state index >= 15 is 0 Å². The zero-order valence-corrected chi connectivity index (χ0v) is 19.0. The first kappa shape index (κ1) is 22.2. The smallest absolute Gasteiger partial charge is 0.291 e. The molecular formula is C23H22ClN3O4S. The number of carbonyl (C=O) groups excluding carboxylic acids is 3. The molecular weight excluding hydrogens is 450 g/mol. The lowest BCUT2D eigenvalue weighted by molar-refractivity contribution is -0.140. The van der Waals surface area contributed by atoms with Crippen molar-refractivity contribution in [2.24, 2.45) is 5.92 Å². The first-order chi connectivity index (χ1) is 15.5. The number of aromatic nitrogens is 2. The van der Waals surface area contributed by atoms with Crippen LogP contribution >= 0.6 is 22.9 Å². The molecule has 1 amide bonds. The van der Waals surface area contributed by atoms with Crippen LogP contribution in [0.4, 0.5) is 0 Å². The van der Waals surface area contributed by atoms with Gasteiger partial charge in [-0.25, -0.2) is 4.98 Å². The molecule has 1 aliphatic heterocycles. The maximum Gasteiger partial charge on any atom is 0.291 e. The van der Waals surface area contributed by atoms with E-state index in [0.717, 1.165) is 4.88 Å². The van der Waals surface area contributed by atoms with Gasteiger partial charge in [0.1, 0.15) is 11.7 Å². The second kappa shape index (κ2) is 9.67. The Balaban J connectivity index is 1.61. The minimum Gasteiger partial charge on any atom is -0.492 e. The molecule has 7 nitrogen and oxygen atoms in total. The first-order valence-corrected chi connectivity index (χ1v) is 11.6. The Morgan fingerprint density at radius 2 is 2.09 bits per heavy atom. The highest BCUT2D eigenvalue weighted by molar-refractivity contribution is 7.10. The standard InChI is InChI=1S/C23H22ClN3O4S/c1-2-31-17-7-6-15(13-16(17)24)21(28)19-20(18-5-3-12-32-18)27(23(30)22(19)29)10-4-9-26-11-8-25-14-26/h3,5-8,11-14,19-20H,2,4,9-10H2,1H3. The van der Waals surface area contributed by atoms with Crippen molar-refractivity contribution < 1.29 is 19.1 Å². The summed E-state index contributed by atoms with van der Waals surface area (Å²) in [6, 6.07) is 7.78. The van der Waals surface area contributed by atoms with E-state index in [4.69, 9.17) is 16.3 Å². The predicted octanol–water partition coefficient (Wildman–Crippen LogP) is 4.04. The Bertz CT molecular complexity index is 1110. The van der Waals surface area contributed by atoms with E-state index < -0.39 is 29.4 Å². The van der Waals surface area contributed by atoms with Crippen LogP contribution in [0.15, 0.2) is 54.4 Å². The quantitative estimate of drug-likeness (QED) is 0.267. The van der Waals surface area contributed by atoms with Crippen molar-refractivity contribution in [3.63, 3.8) is 0 Å². The Morgan fingerprint density at radius 3 is 2.75 bits per heavy atom. The number of ether oxygens (including phenoxy) is 1. The summed E-state index contributed by atoms with van der Waals surface area (Å²) in [6.45, 7) is 3.30. The fraction of sp³-hybridized carbons (Fsp3) is 0.304. The monoisotopic (exact) mass is 471 g/mol. The van der Waals surface area contributed by atoms with Crippen LogP contribution < -0.4 is 4.74 Å². The number of ketones is 2. The molecule has 9 heteroatoms. The Labute approximate surface area is 194 Å². The maximum absolute atomic E-state index is 13.4. The van der Waals surface area contributed by atoms with Crippen molar-refractivity contribution in [1.29, 1.82) is 0 Å². The van der Waals surface area contributed by atoms with Gasteiger partial charge in [-0.2, -0.15) is 0 Å². The van der Waals surface area contributed by atoms with Crippen molar-refractivity contribution in [3.8, 4) is 5.75 Å². The fourth-order valence-corrected chi connectivity index (χ4v) is 5.06. The van der Waals surface area contributed by atoms with Crippen molar-refractivity contribution in [1.82, 2.24) is 14.5 Å². The van der Waals surface area contributed by atoms with Gasteiger partial charge < -0.3 is 14.2 Å². The number of rotatable bonds is 9. The van der Waals surface area contributed by atoms with Gasteiger partial charge in [0.25, 0.3) is 5.91 Å². The van der Waals surface area contributed by atoms with Gasteiger partial charge in [0.2, 0.25) is 5.78 Å². The minimum atomic E-state index is -1.11. The van der Waals surface area contributed by atoms with Gasteiger partial charge >= 0.3 is 0 Å². The van der Waals surface area contributed by atoms with Crippen LogP contribution in [0, 0.1) is 5.92 Å². The van der Waals surface area contributed by atoms with Gasteiger partial charge in [0, 0.05) is 35.9 Å². The Kier molecular flexibility index (Phi) is 6.72. The van der Waals surface area contributed by atoms with E-state index in [-0.39, 0.29) is 5.56 Å². The van der Waals surface area contributed by atoms with Gasteiger partial charge in [-0.3, -0.25) is 14.4 Å². The molecule has 1 saturated heterocycles. The number of aryl methyl sites for hydroxylation is 1. The average molecular weight is 472 g/mol. The third-order valence-electron chi connectivity index (χ3n) is 5.41. The molecule has 0 spiro atoms. The van der Waals surface area contributed by atoms with E-state index in [0.29, 0.717) is 36.9 Å². The van der Waals surface area contributed by atoms with E-state index in [1.165, 1.54) is 22.3 Å². The van der Waals surface area contributed by atoms with Crippen LogP contribution in [0.2, 0.25) is 5.02 Å². The molecule has 0 aliphatic carbocycles. The summed E-state index contributed by atoms with van der Waals surface area (Å²) in [5, 5.41) is 2.17. The summed E-state index contributed by atoms with van der Waals surface area (Å²) in [4.78, 5) is 45.7. The molecule has 3 heterocycles. The van der Waals surface area contributed by atoms with Gasteiger partial charge in [-0.15, -0.1) is 11.3 Å². The van der Waals surface area contributed by atoms with Crippen molar-refractivity contribution in [3.05, 3.63) is 69.9 Å². The number of nitrogens with zero attached hydrogens (tertiary/aromatic N) is 3. The van der Waals surface area contributed by atoms with Crippen LogP contribution in [-0.4, -0.2) is 45.1 Å². The summed E-state index contributed by atoms with van der Waals surface area (Å²) in [5.74, 6) is -2.35. The molecule has 166 valence electrons. The van der Waals surface area contributed by atoms with Gasteiger partial charge in [0.15, 0.2) is 5.78 Å². The molecule has 2 atom stereocenters. The van der Waals surface area contributed by atoms with Crippen LogP contribution in [0.3, 0.4) is 0 Å². The molecule has 4 rings (SSSR count). The molecule has 2 aromatic heterocycles. The van der Waals surface area contributed by atoms with Gasteiger partial charge in [-0.05, 0) is 43.0 Å². The molecule has 2 unspecified atom stereocenters. The summed E-state index contributed by atoms with van der Waals surface area (Å²) in [7, 11) is 0. The Morgan fingerprint density at radius 1 is 1.25 bits per heavy atom. The first-order valence-electron chi connectivity index (χ1n) is 10.3. The van der Waals surface area contributed by atoms with Crippen LogP contribution in [0.25, 0.3) is 0 Å². The lowest BCUT2D eigenvalue weighted by Gasteiger charge is -2.26. The SMILES string of the molecule is CCOc1ccc(C(=O)C2C(=O)C(=O)N(CCCn3ccnc3)C2c2cccs2)cc1Cl. The highest BCUT2D eigenvalue weighted by atomic mass is 35.5. The number of carbonyl (C=O) groups is 3. The summed E-state index contributed by atoms with van der Waals surface area (Å²) >= 11 is 7.69. The van der Waals surface area contributed by atoms with E-state index in [1.807, 2.05) is 35.2 Å².